The zero-order valence-corrected chi connectivity index (χ0v) is 9.70. The van der Waals surface area contributed by atoms with Gasteiger partial charge in [0.25, 0.3) is 0 Å². The van der Waals surface area contributed by atoms with Gasteiger partial charge >= 0.3 is 0 Å². The van der Waals surface area contributed by atoms with Crippen LogP contribution in [0.25, 0.3) is 0 Å². The monoisotopic (exact) mass is 221 g/mol. The third-order valence-electron chi connectivity index (χ3n) is 2.78. The van der Waals surface area contributed by atoms with Crippen molar-refractivity contribution in [3.05, 3.63) is 23.8 Å². The van der Waals surface area contributed by atoms with Gasteiger partial charge in [-0.1, -0.05) is 6.07 Å². The second-order valence-electron chi connectivity index (χ2n) is 4.31. The maximum absolute atomic E-state index is 9.54. The van der Waals surface area contributed by atoms with Crippen LogP contribution in [-0.2, 0) is 6.54 Å². The van der Waals surface area contributed by atoms with Crippen molar-refractivity contribution in [3.8, 4) is 11.5 Å². The fourth-order valence-electron chi connectivity index (χ4n) is 1.68. The Morgan fingerprint density at radius 3 is 2.94 bits per heavy atom. The second-order valence-corrected chi connectivity index (χ2v) is 4.31. The molecule has 3 nitrogen and oxygen atoms in total. The van der Waals surface area contributed by atoms with Crippen LogP contribution < -0.4 is 10.1 Å². The number of nitrogens with one attached hydrogen (secondary N) is 1. The third kappa shape index (κ3) is 3.14. The highest BCUT2D eigenvalue weighted by Gasteiger charge is 2.20. The molecule has 1 aliphatic rings. The molecule has 1 aliphatic carbocycles. The molecule has 1 aromatic rings. The van der Waals surface area contributed by atoms with Gasteiger partial charge in [-0.05, 0) is 49.9 Å². The first-order valence-corrected chi connectivity index (χ1v) is 5.95. The lowest BCUT2D eigenvalue weighted by molar-refractivity contribution is 0.317. The number of rotatable bonds is 6. The Morgan fingerprint density at radius 2 is 2.25 bits per heavy atom. The summed E-state index contributed by atoms with van der Waals surface area (Å²) in [5, 5.41) is 13.0. The van der Waals surface area contributed by atoms with Gasteiger partial charge in [0.1, 0.15) is 0 Å². The number of aromatic hydroxyl groups is 1. The molecule has 0 spiro atoms. The van der Waals surface area contributed by atoms with Crippen LogP contribution in [0.4, 0.5) is 0 Å². The summed E-state index contributed by atoms with van der Waals surface area (Å²) in [6.07, 6.45) is 2.74. The number of phenolic OH excluding ortho intramolecular Hbond substituents is 1. The van der Waals surface area contributed by atoms with Crippen molar-refractivity contribution in [2.75, 3.05) is 13.2 Å². The first-order chi connectivity index (χ1) is 7.79. The standard InChI is InChI=1S/C13H19NO2/c1-2-16-13-7-11(5-6-12(13)15)9-14-8-10-3-4-10/h5-7,10,14-15H,2-4,8-9H2,1H3. The van der Waals surface area contributed by atoms with Crippen molar-refractivity contribution in [1.82, 2.24) is 5.32 Å². The molecule has 1 aromatic carbocycles. The molecule has 88 valence electrons. The number of hydrogen-bond acceptors (Lipinski definition) is 3. The highest BCUT2D eigenvalue weighted by molar-refractivity contribution is 5.41. The van der Waals surface area contributed by atoms with Crippen molar-refractivity contribution >= 4 is 0 Å². The smallest absolute Gasteiger partial charge is 0.161 e. The summed E-state index contributed by atoms with van der Waals surface area (Å²) < 4.78 is 5.34. The predicted molar refractivity (Wildman–Crippen MR) is 63.7 cm³/mol. The molecule has 3 heteroatoms. The number of hydrogen-bond donors (Lipinski definition) is 2. The average Bonchev–Trinajstić information content (AvgIpc) is 3.07. The van der Waals surface area contributed by atoms with Crippen LogP contribution in [0.15, 0.2) is 18.2 Å². The summed E-state index contributed by atoms with van der Waals surface area (Å²) >= 11 is 0. The molecule has 1 saturated carbocycles. The second kappa shape index (κ2) is 5.21. The van der Waals surface area contributed by atoms with Crippen LogP contribution in [0.2, 0.25) is 0 Å². The van der Waals surface area contributed by atoms with E-state index in [2.05, 4.69) is 5.32 Å². The Bertz CT molecular complexity index is 348. The normalized spacial score (nSPS) is 15.1. The number of phenols is 1. The molecule has 0 saturated heterocycles. The minimum absolute atomic E-state index is 0.216. The summed E-state index contributed by atoms with van der Waals surface area (Å²) in [6, 6.07) is 5.52. The van der Waals surface area contributed by atoms with Gasteiger partial charge in [0.15, 0.2) is 11.5 Å². The Morgan fingerprint density at radius 1 is 1.44 bits per heavy atom. The SMILES string of the molecule is CCOc1cc(CNCC2CC2)ccc1O. The molecular formula is C13H19NO2. The third-order valence-corrected chi connectivity index (χ3v) is 2.78. The van der Waals surface area contributed by atoms with Gasteiger partial charge in [0.05, 0.1) is 6.61 Å². The van der Waals surface area contributed by atoms with Crippen LogP contribution in [0.5, 0.6) is 11.5 Å². The molecule has 16 heavy (non-hydrogen) atoms. The van der Waals surface area contributed by atoms with Gasteiger partial charge < -0.3 is 15.2 Å². The summed E-state index contributed by atoms with van der Waals surface area (Å²) in [7, 11) is 0. The van der Waals surface area contributed by atoms with E-state index in [0.717, 1.165) is 24.6 Å². The minimum Gasteiger partial charge on any atom is -0.504 e. The van der Waals surface area contributed by atoms with E-state index in [1.165, 1.54) is 12.8 Å². The van der Waals surface area contributed by atoms with E-state index in [4.69, 9.17) is 4.74 Å². The number of ether oxygens (including phenoxy) is 1. The minimum atomic E-state index is 0.216. The first-order valence-electron chi connectivity index (χ1n) is 5.95. The molecular weight excluding hydrogens is 202 g/mol. The van der Waals surface area contributed by atoms with Crippen LogP contribution in [0.3, 0.4) is 0 Å². The van der Waals surface area contributed by atoms with Crippen LogP contribution in [0.1, 0.15) is 25.3 Å². The van der Waals surface area contributed by atoms with E-state index in [0.29, 0.717) is 12.4 Å². The van der Waals surface area contributed by atoms with Crippen molar-refractivity contribution < 1.29 is 9.84 Å². The fourth-order valence-corrected chi connectivity index (χ4v) is 1.68. The van der Waals surface area contributed by atoms with Crippen LogP contribution in [-0.4, -0.2) is 18.3 Å². The average molecular weight is 221 g/mol. The van der Waals surface area contributed by atoms with Crippen LogP contribution >= 0.6 is 0 Å². The van der Waals surface area contributed by atoms with E-state index in [-0.39, 0.29) is 5.75 Å². The lowest BCUT2D eigenvalue weighted by Gasteiger charge is -2.09. The van der Waals surface area contributed by atoms with Gasteiger partial charge in [-0.3, -0.25) is 0 Å². The van der Waals surface area contributed by atoms with Crippen molar-refractivity contribution in [2.24, 2.45) is 5.92 Å². The van der Waals surface area contributed by atoms with Crippen molar-refractivity contribution in [1.29, 1.82) is 0 Å². The first kappa shape index (κ1) is 11.3. The maximum Gasteiger partial charge on any atom is 0.161 e. The molecule has 2 N–H and O–H groups in total. The molecule has 0 atom stereocenters. The van der Waals surface area contributed by atoms with Crippen molar-refractivity contribution in [3.63, 3.8) is 0 Å². The lowest BCUT2D eigenvalue weighted by Crippen LogP contribution is -2.16. The Kier molecular flexibility index (Phi) is 3.67. The van der Waals surface area contributed by atoms with Crippen LogP contribution in [0, 0.1) is 5.92 Å². The van der Waals surface area contributed by atoms with Crippen molar-refractivity contribution in [2.45, 2.75) is 26.3 Å². The molecule has 2 rings (SSSR count). The molecule has 0 bridgehead atoms. The molecule has 0 unspecified atom stereocenters. The summed E-state index contributed by atoms with van der Waals surface area (Å²) in [5.41, 5.74) is 1.15. The molecule has 0 aromatic heterocycles. The topological polar surface area (TPSA) is 41.5 Å². The van der Waals surface area contributed by atoms with Gasteiger partial charge in [0.2, 0.25) is 0 Å². The van der Waals surface area contributed by atoms with Gasteiger partial charge in [-0.25, -0.2) is 0 Å². The molecule has 0 aliphatic heterocycles. The summed E-state index contributed by atoms with van der Waals surface area (Å²) in [4.78, 5) is 0. The molecule has 0 radical (unpaired) electrons. The largest absolute Gasteiger partial charge is 0.504 e. The van der Waals surface area contributed by atoms with E-state index in [1.54, 1.807) is 6.07 Å². The van der Waals surface area contributed by atoms with Gasteiger partial charge in [-0.15, -0.1) is 0 Å². The zero-order chi connectivity index (χ0) is 11.4. The van der Waals surface area contributed by atoms with E-state index >= 15 is 0 Å². The Balaban J connectivity index is 1.89. The fraction of sp³-hybridized carbons (Fsp3) is 0.538. The Labute approximate surface area is 96.4 Å². The quantitative estimate of drug-likeness (QED) is 0.774. The van der Waals surface area contributed by atoms with E-state index < -0.39 is 0 Å². The summed E-state index contributed by atoms with van der Waals surface area (Å²) in [6.45, 7) is 4.44. The van der Waals surface area contributed by atoms with E-state index in [1.807, 2.05) is 19.1 Å². The lowest BCUT2D eigenvalue weighted by atomic mass is 10.2. The van der Waals surface area contributed by atoms with Gasteiger partial charge in [-0.2, -0.15) is 0 Å². The maximum atomic E-state index is 9.54. The molecule has 1 fully saturated rings. The Hall–Kier alpha value is -1.22. The highest BCUT2D eigenvalue weighted by atomic mass is 16.5. The van der Waals surface area contributed by atoms with Gasteiger partial charge in [0, 0.05) is 6.54 Å². The zero-order valence-electron chi connectivity index (χ0n) is 9.70. The predicted octanol–water partition coefficient (Wildman–Crippen LogP) is 2.29. The highest BCUT2D eigenvalue weighted by Crippen LogP contribution is 2.28. The summed E-state index contributed by atoms with van der Waals surface area (Å²) in [5.74, 6) is 1.68. The molecule has 0 amide bonds. The van der Waals surface area contributed by atoms with E-state index in [9.17, 15) is 5.11 Å². The number of benzene rings is 1. The molecule has 0 heterocycles.